The number of para-hydroxylation sites is 2. The van der Waals surface area contributed by atoms with E-state index in [1.165, 1.54) is 10.6 Å². The molecule has 1 amide bonds. The van der Waals surface area contributed by atoms with Crippen molar-refractivity contribution in [2.75, 3.05) is 5.32 Å². The normalized spacial score (nSPS) is 10.6. The van der Waals surface area contributed by atoms with Crippen molar-refractivity contribution >= 4 is 22.5 Å². The second kappa shape index (κ2) is 7.40. The molecule has 0 bridgehead atoms. The molecule has 4 aromatic rings. The van der Waals surface area contributed by atoms with Gasteiger partial charge in [0.25, 0.3) is 11.5 Å². The number of aromatic nitrogens is 1. The Morgan fingerprint density at radius 3 is 2.25 bits per heavy atom. The molecular weight excluding hydrogens is 352 g/mol. The quantitative estimate of drug-likeness (QED) is 0.572. The van der Waals surface area contributed by atoms with E-state index in [0.29, 0.717) is 22.5 Å². The minimum Gasteiger partial charge on any atom is -0.457 e. The Morgan fingerprint density at radius 2 is 1.50 bits per heavy atom. The molecule has 0 saturated carbocycles. The van der Waals surface area contributed by atoms with Gasteiger partial charge in [-0.15, -0.1) is 0 Å². The number of aryl methyl sites for hydroxylation is 1. The molecule has 0 spiro atoms. The van der Waals surface area contributed by atoms with Gasteiger partial charge in [-0.2, -0.15) is 0 Å². The summed E-state index contributed by atoms with van der Waals surface area (Å²) in [4.78, 5) is 25.0. The van der Waals surface area contributed by atoms with E-state index in [4.69, 9.17) is 4.74 Å². The summed E-state index contributed by atoms with van der Waals surface area (Å²) in [5, 5.41) is 3.57. The van der Waals surface area contributed by atoms with Gasteiger partial charge < -0.3 is 14.6 Å². The van der Waals surface area contributed by atoms with Gasteiger partial charge in [0.05, 0.1) is 11.1 Å². The van der Waals surface area contributed by atoms with Crippen molar-refractivity contribution in [1.29, 1.82) is 0 Å². The van der Waals surface area contributed by atoms with E-state index in [2.05, 4.69) is 5.32 Å². The second-order valence-electron chi connectivity index (χ2n) is 6.37. The molecule has 4 rings (SSSR count). The molecule has 0 saturated heterocycles. The number of ether oxygens (including phenoxy) is 1. The van der Waals surface area contributed by atoms with E-state index in [9.17, 15) is 9.59 Å². The minimum absolute atomic E-state index is 0.226. The summed E-state index contributed by atoms with van der Waals surface area (Å²) in [5.74, 6) is 1.08. The molecule has 28 heavy (non-hydrogen) atoms. The van der Waals surface area contributed by atoms with Gasteiger partial charge in [-0.1, -0.05) is 36.4 Å². The van der Waals surface area contributed by atoms with Crippen molar-refractivity contribution in [2.45, 2.75) is 0 Å². The van der Waals surface area contributed by atoms with Gasteiger partial charge in [0.15, 0.2) is 0 Å². The standard InChI is InChI=1S/C23H18N2O3/c1-25-21-10-6-5-9-19(21)20(15-22(25)26)23(27)24-16-11-13-18(14-12-16)28-17-7-3-2-4-8-17/h2-15H,1H3,(H,24,27). The zero-order valence-corrected chi connectivity index (χ0v) is 15.3. The van der Waals surface area contributed by atoms with Gasteiger partial charge in [-0.25, -0.2) is 0 Å². The third kappa shape index (κ3) is 3.50. The maximum atomic E-state index is 12.8. The van der Waals surface area contributed by atoms with E-state index >= 15 is 0 Å². The minimum atomic E-state index is -0.328. The van der Waals surface area contributed by atoms with Crippen molar-refractivity contribution in [1.82, 2.24) is 4.57 Å². The predicted molar refractivity (Wildman–Crippen MR) is 110 cm³/mol. The van der Waals surface area contributed by atoms with Crippen molar-refractivity contribution in [2.24, 2.45) is 7.05 Å². The van der Waals surface area contributed by atoms with Crippen LogP contribution in [-0.2, 0) is 7.05 Å². The van der Waals surface area contributed by atoms with Crippen molar-refractivity contribution < 1.29 is 9.53 Å². The number of anilines is 1. The number of nitrogens with zero attached hydrogens (tertiary/aromatic N) is 1. The SMILES string of the molecule is Cn1c(=O)cc(C(=O)Nc2ccc(Oc3ccccc3)cc2)c2ccccc21. The predicted octanol–water partition coefficient (Wildman–Crippen LogP) is 4.58. The van der Waals surface area contributed by atoms with E-state index in [-0.39, 0.29) is 11.5 Å². The number of carbonyl (C=O) groups is 1. The first kappa shape index (κ1) is 17.5. The number of amides is 1. The maximum Gasteiger partial charge on any atom is 0.256 e. The van der Waals surface area contributed by atoms with Crippen LogP contribution in [0.4, 0.5) is 5.69 Å². The summed E-state index contributed by atoms with van der Waals surface area (Å²) in [6, 6.07) is 25.3. The lowest BCUT2D eigenvalue weighted by atomic mass is 10.1. The molecule has 0 aliphatic rings. The molecule has 1 aromatic heterocycles. The van der Waals surface area contributed by atoms with Crippen molar-refractivity contribution in [3.63, 3.8) is 0 Å². The van der Waals surface area contributed by atoms with Crippen LogP contribution < -0.4 is 15.6 Å². The molecule has 5 nitrogen and oxygen atoms in total. The van der Waals surface area contributed by atoms with Crippen LogP contribution in [0, 0.1) is 0 Å². The number of pyridine rings is 1. The molecule has 0 unspecified atom stereocenters. The molecule has 138 valence electrons. The molecule has 0 aliphatic carbocycles. The van der Waals surface area contributed by atoms with Gasteiger partial charge in [0.1, 0.15) is 11.5 Å². The summed E-state index contributed by atoms with van der Waals surface area (Å²) in [7, 11) is 1.69. The van der Waals surface area contributed by atoms with Crippen molar-refractivity contribution in [3.8, 4) is 11.5 Å². The van der Waals surface area contributed by atoms with Crippen LogP contribution in [0.15, 0.2) is 89.7 Å². The summed E-state index contributed by atoms with van der Waals surface area (Å²) in [5.41, 5.74) is 1.46. The van der Waals surface area contributed by atoms with E-state index in [1.54, 1.807) is 31.3 Å². The van der Waals surface area contributed by atoms with Crippen molar-refractivity contribution in [3.05, 3.63) is 101 Å². The van der Waals surface area contributed by atoms with Crippen LogP contribution in [0.5, 0.6) is 11.5 Å². The third-order valence-corrected chi connectivity index (χ3v) is 4.49. The maximum absolute atomic E-state index is 12.8. The molecule has 0 atom stereocenters. The van der Waals surface area contributed by atoms with Gasteiger partial charge in [-0.05, 0) is 42.5 Å². The Kier molecular flexibility index (Phi) is 4.64. The van der Waals surface area contributed by atoms with Gasteiger partial charge >= 0.3 is 0 Å². The summed E-state index contributed by atoms with van der Waals surface area (Å²) in [6.07, 6.45) is 0. The van der Waals surface area contributed by atoms with Crippen LogP contribution in [0.1, 0.15) is 10.4 Å². The van der Waals surface area contributed by atoms with Crippen LogP contribution in [0.25, 0.3) is 10.9 Å². The smallest absolute Gasteiger partial charge is 0.256 e. The monoisotopic (exact) mass is 370 g/mol. The first-order valence-electron chi connectivity index (χ1n) is 8.85. The Labute approximate surface area is 161 Å². The number of nitrogens with one attached hydrogen (secondary N) is 1. The molecular formula is C23H18N2O3. The van der Waals surface area contributed by atoms with E-state index < -0.39 is 0 Å². The van der Waals surface area contributed by atoms with Crippen LogP contribution >= 0.6 is 0 Å². The average Bonchev–Trinajstić information content (AvgIpc) is 2.73. The lowest BCUT2D eigenvalue weighted by molar-refractivity contribution is 0.102. The highest BCUT2D eigenvalue weighted by Gasteiger charge is 2.13. The fraction of sp³-hybridized carbons (Fsp3) is 0.0435. The summed E-state index contributed by atoms with van der Waals surface area (Å²) >= 11 is 0. The average molecular weight is 370 g/mol. The summed E-state index contributed by atoms with van der Waals surface area (Å²) in [6.45, 7) is 0. The molecule has 1 N–H and O–H groups in total. The molecule has 0 radical (unpaired) electrons. The summed E-state index contributed by atoms with van der Waals surface area (Å²) < 4.78 is 7.28. The second-order valence-corrected chi connectivity index (χ2v) is 6.37. The first-order chi connectivity index (χ1) is 13.6. The van der Waals surface area contributed by atoms with E-state index in [0.717, 1.165) is 11.1 Å². The highest BCUT2D eigenvalue weighted by molar-refractivity contribution is 6.12. The highest BCUT2D eigenvalue weighted by atomic mass is 16.5. The first-order valence-corrected chi connectivity index (χ1v) is 8.85. The number of rotatable bonds is 4. The molecule has 0 aliphatic heterocycles. The number of hydrogen-bond acceptors (Lipinski definition) is 3. The lowest BCUT2D eigenvalue weighted by Gasteiger charge is -2.11. The third-order valence-electron chi connectivity index (χ3n) is 4.49. The Bertz CT molecular complexity index is 1200. The molecule has 3 aromatic carbocycles. The molecule has 5 heteroatoms. The Balaban J connectivity index is 1.57. The van der Waals surface area contributed by atoms with Crippen LogP contribution in [0.2, 0.25) is 0 Å². The zero-order valence-electron chi connectivity index (χ0n) is 15.3. The highest BCUT2D eigenvalue weighted by Crippen LogP contribution is 2.23. The fourth-order valence-electron chi connectivity index (χ4n) is 3.03. The zero-order chi connectivity index (χ0) is 19.5. The number of carbonyl (C=O) groups excluding carboxylic acids is 1. The lowest BCUT2D eigenvalue weighted by Crippen LogP contribution is -2.21. The Hall–Kier alpha value is -3.86. The largest absolute Gasteiger partial charge is 0.457 e. The Morgan fingerprint density at radius 1 is 0.857 bits per heavy atom. The van der Waals surface area contributed by atoms with E-state index in [1.807, 2.05) is 54.6 Å². The topological polar surface area (TPSA) is 60.3 Å². The van der Waals surface area contributed by atoms with Gasteiger partial charge in [0, 0.05) is 24.2 Å². The number of hydrogen-bond donors (Lipinski definition) is 1. The number of benzene rings is 3. The van der Waals surface area contributed by atoms with Crippen LogP contribution in [0.3, 0.4) is 0 Å². The van der Waals surface area contributed by atoms with Gasteiger partial charge in [0.2, 0.25) is 0 Å². The van der Waals surface area contributed by atoms with Gasteiger partial charge in [-0.3, -0.25) is 9.59 Å². The molecule has 1 heterocycles. The number of fused-ring (bicyclic) bond motifs is 1. The van der Waals surface area contributed by atoms with Crippen LogP contribution in [-0.4, -0.2) is 10.5 Å². The molecule has 0 fully saturated rings. The fourth-order valence-corrected chi connectivity index (χ4v) is 3.03.